The minimum Gasteiger partial charge on any atom is -0.376 e. The van der Waals surface area contributed by atoms with Gasteiger partial charge in [0.15, 0.2) is 0 Å². The SMILES string of the molecule is CC1CCN(C=CN=Nc2ccc(Cl)cc2)CC1. The first-order chi connectivity index (χ1) is 8.74. The molecule has 1 heterocycles. The maximum atomic E-state index is 5.79. The largest absolute Gasteiger partial charge is 0.376 e. The predicted octanol–water partition coefficient (Wildman–Crippen LogP) is 4.63. The van der Waals surface area contributed by atoms with Crippen LogP contribution in [0.25, 0.3) is 0 Å². The third kappa shape index (κ3) is 4.15. The van der Waals surface area contributed by atoms with Gasteiger partial charge in [-0.1, -0.05) is 18.5 Å². The third-order valence-corrected chi connectivity index (χ3v) is 3.41. The molecule has 0 atom stereocenters. The Balaban J connectivity index is 1.81. The lowest BCUT2D eigenvalue weighted by Crippen LogP contribution is -2.28. The van der Waals surface area contributed by atoms with Gasteiger partial charge in [0.05, 0.1) is 11.9 Å². The van der Waals surface area contributed by atoms with Crippen molar-refractivity contribution in [2.24, 2.45) is 16.1 Å². The third-order valence-electron chi connectivity index (χ3n) is 3.16. The van der Waals surface area contributed by atoms with Crippen molar-refractivity contribution >= 4 is 17.3 Å². The van der Waals surface area contributed by atoms with Crippen molar-refractivity contribution in [2.75, 3.05) is 13.1 Å². The molecule has 0 aromatic heterocycles. The summed E-state index contributed by atoms with van der Waals surface area (Å²) in [6.07, 6.45) is 6.30. The van der Waals surface area contributed by atoms with Gasteiger partial charge in [0, 0.05) is 24.3 Å². The number of azo groups is 1. The molecule has 1 aromatic rings. The predicted molar refractivity (Wildman–Crippen MR) is 75.1 cm³/mol. The fourth-order valence-electron chi connectivity index (χ4n) is 1.91. The Morgan fingerprint density at radius 2 is 1.89 bits per heavy atom. The minimum atomic E-state index is 0.715. The molecule has 1 saturated heterocycles. The van der Waals surface area contributed by atoms with Gasteiger partial charge in [-0.2, -0.15) is 10.2 Å². The Hall–Kier alpha value is -1.35. The van der Waals surface area contributed by atoms with Gasteiger partial charge in [-0.25, -0.2) is 0 Å². The highest BCUT2D eigenvalue weighted by Gasteiger charge is 2.11. The average molecular weight is 264 g/mol. The van der Waals surface area contributed by atoms with E-state index in [1.165, 1.54) is 12.8 Å². The minimum absolute atomic E-state index is 0.715. The molecule has 0 bridgehead atoms. The number of nitrogens with zero attached hydrogens (tertiary/aromatic N) is 3. The van der Waals surface area contributed by atoms with Gasteiger partial charge in [-0.3, -0.25) is 0 Å². The summed E-state index contributed by atoms with van der Waals surface area (Å²) in [6, 6.07) is 7.32. The molecule has 1 aromatic carbocycles. The lowest BCUT2D eigenvalue weighted by atomic mass is 10.00. The van der Waals surface area contributed by atoms with Crippen LogP contribution in [0.2, 0.25) is 5.02 Å². The number of piperidine rings is 1. The van der Waals surface area contributed by atoms with Crippen molar-refractivity contribution in [1.29, 1.82) is 0 Å². The molecule has 96 valence electrons. The molecular weight excluding hydrogens is 246 g/mol. The van der Waals surface area contributed by atoms with Gasteiger partial charge in [0.1, 0.15) is 0 Å². The number of hydrogen-bond donors (Lipinski definition) is 0. The number of likely N-dealkylation sites (tertiary alicyclic amines) is 1. The molecule has 4 heteroatoms. The fraction of sp³-hybridized carbons (Fsp3) is 0.429. The molecule has 3 nitrogen and oxygen atoms in total. The van der Waals surface area contributed by atoms with Crippen LogP contribution in [-0.2, 0) is 0 Å². The Labute approximate surface area is 113 Å². The van der Waals surface area contributed by atoms with E-state index in [1.807, 2.05) is 30.5 Å². The molecule has 1 aliphatic rings. The highest BCUT2D eigenvalue weighted by molar-refractivity contribution is 6.30. The van der Waals surface area contributed by atoms with Crippen molar-refractivity contribution in [2.45, 2.75) is 19.8 Å². The maximum absolute atomic E-state index is 5.79. The van der Waals surface area contributed by atoms with Crippen molar-refractivity contribution in [1.82, 2.24) is 4.90 Å². The lowest BCUT2D eigenvalue weighted by molar-refractivity contribution is 0.255. The summed E-state index contributed by atoms with van der Waals surface area (Å²) in [5.74, 6) is 0.852. The quantitative estimate of drug-likeness (QED) is 0.731. The molecule has 2 rings (SSSR count). The zero-order chi connectivity index (χ0) is 12.8. The highest BCUT2D eigenvalue weighted by atomic mass is 35.5. The van der Waals surface area contributed by atoms with Crippen molar-refractivity contribution in [3.05, 3.63) is 41.7 Å². The zero-order valence-corrected chi connectivity index (χ0v) is 11.3. The second kappa shape index (κ2) is 6.55. The number of hydrogen-bond acceptors (Lipinski definition) is 3. The van der Waals surface area contributed by atoms with E-state index in [0.717, 1.165) is 24.7 Å². The van der Waals surface area contributed by atoms with Crippen LogP contribution in [0.15, 0.2) is 46.9 Å². The molecule has 0 N–H and O–H groups in total. The van der Waals surface area contributed by atoms with Gasteiger partial charge < -0.3 is 4.90 Å². The first-order valence-corrected chi connectivity index (χ1v) is 6.69. The van der Waals surface area contributed by atoms with Crippen molar-refractivity contribution < 1.29 is 0 Å². The molecule has 1 fully saturated rings. The molecule has 0 spiro atoms. The Bertz CT molecular complexity index is 417. The van der Waals surface area contributed by atoms with Crippen LogP contribution in [0.4, 0.5) is 5.69 Å². The summed E-state index contributed by atoms with van der Waals surface area (Å²) in [7, 11) is 0. The standard InChI is InChI=1S/C14H18ClN3/c1-12-6-9-18(10-7-12)11-8-16-17-14-4-2-13(15)3-5-14/h2-5,8,11-12H,6-7,9-10H2,1H3. The van der Waals surface area contributed by atoms with Crippen LogP contribution in [0.1, 0.15) is 19.8 Å². The summed E-state index contributed by atoms with van der Waals surface area (Å²) in [5, 5.41) is 8.86. The number of halogens is 1. The Morgan fingerprint density at radius 3 is 2.56 bits per heavy atom. The normalized spacial score (nSPS) is 18.0. The van der Waals surface area contributed by atoms with E-state index in [9.17, 15) is 0 Å². The van der Waals surface area contributed by atoms with E-state index in [0.29, 0.717) is 5.02 Å². The Kier molecular flexibility index (Phi) is 4.76. The van der Waals surface area contributed by atoms with Crippen LogP contribution >= 0.6 is 11.6 Å². The van der Waals surface area contributed by atoms with E-state index in [-0.39, 0.29) is 0 Å². The highest BCUT2D eigenvalue weighted by Crippen LogP contribution is 2.17. The van der Waals surface area contributed by atoms with Crippen LogP contribution in [0.5, 0.6) is 0 Å². The van der Waals surface area contributed by atoms with Gasteiger partial charge in [-0.05, 0) is 43.0 Å². The van der Waals surface area contributed by atoms with E-state index < -0.39 is 0 Å². The summed E-state index contributed by atoms with van der Waals surface area (Å²) < 4.78 is 0. The topological polar surface area (TPSA) is 28.0 Å². The summed E-state index contributed by atoms with van der Waals surface area (Å²) in [4.78, 5) is 2.29. The van der Waals surface area contributed by atoms with Gasteiger partial charge in [-0.15, -0.1) is 0 Å². The molecular formula is C14H18ClN3. The second-order valence-corrected chi connectivity index (χ2v) is 5.14. The summed E-state index contributed by atoms with van der Waals surface area (Å²) >= 11 is 5.79. The number of benzene rings is 1. The second-order valence-electron chi connectivity index (χ2n) is 4.71. The van der Waals surface area contributed by atoms with Gasteiger partial charge in [0.2, 0.25) is 0 Å². The molecule has 18 heavy (non-hydrogen) atoms. The molecule has 0 radical (unpaired) electrons. The smallest absolute Gasteiger partial charge is 0.0857 e. The maximum Gasteiger partial charge on any atom is 0.0857 e. The zero-order valence-electron chi connectivity index (χ0n) is 10.6. The first kappa shape index (κ1) is 13.1. The number of rotatable bonds is 3. The Morgan fingerprint density at radius 1 is 1.22 bits per heavy atom. The van der Waals surface area contributed by atoms with Crippen molar-refractivity contribution in [3.63, 3.8) is 0 Å². The first-order valence-electron chi connectivity index (χ1n) is 6.31. The van der Waals surface area contributed by atoms with Gasteiger partial charge >= 0.3 is 0 Å². The lowest BCUT2D eigenvalue weighted by Gasteiger charge is -2.28. The monoisotopic (exact) mass is 263 g/mol. The summed E-state index contributed by atoms with van der Waals surface area (Å²) in [6.45, 7) is 4.55. The summed E-state index contributed by atoms with van der Waals surface area (Å²) in [5.41, 5.74) is 0.816. The molecule has 0 saturated carbocycles. The van der Waals surface area contributed by atoms with Crippen LogP contribution in [0, 0.1) is 5.92 Å². The van der Waals surface area contributed by atoms with Crippen LogP contribution in [-0.4, -0.2) is 18.0 Å². The van der Waals surface area contributed by atoms with Crippen molar-refractivity contribution in [3.8, 4) is 0 Å². The van der Waals surface area contributed by atoms with E-state index >= 15 is 0 Å². The molecule has 0 unspecified atom stereocenters. The molecule has 0 aliphatic carbocycles. The molecule has 1 aliphatic heterocycles. The van der Waals surface area contributed by atoms with Gasteiger partial charge in [0.25, 0.3) is 0 Å². The van der Waals surface area contributed by atoms with Crippen LogP contribution in [0.3, 0.4) is 0 Å². The van der Waals surface area contributed by atoms with E-state index in [1.54, 1.807) is 6.20 Å². The fourth-order valence-corrected chi connectivity index (χ4v) is 2.04. The van der Waals surface area contributed by atoms with E-state index in [2.05, 4.69) is 22.1 Å². The van der Waals surface area contributed by atoms with Crippen LogP contribution < -0.4 is 0 Å². The molecule has 0 amide bonds. The van der Waals surface area contributed by atoms with E-state index in [4.69, 9.17) is 11.6 Å². The average Bonchev–Trinajstić information content (AvgIpc) is 2.39.